The molecule has 0 bridgehead atoms. The molecule has 0 saturated carbocycles. The fraction of sp³-hybridized carbons (Fsp3) is 0.286. The molecule has 2 aromatic rings. The Morgan fingerprint density at radius 3 is 2.68 bits per heavy atom. The van der Waals surface area contributed by atoms with E-state index in [1.807, 2.05) is 6.92 Å². The molecule has 0 fully saturated rings. The van der Waals surface area contributed by atoms with Crippen molar-refractivity contribution in [1.82, 2.24) is 9.97 Å². The molecule has 0 saturated heterocycles. The van der Waals surface area contributed by atoms with Crippen LogP contribution in [0.5, 0.6) is 11.6 Å². The summed E-state index contributed by atoms with van der Waals surface area (Å²) < 4.78 is 35.8. The van der Waals surface area contributed by atoms with Crippen molar-refractivity contribution < 1.29 is 17.9 Å². The first-order valence-corrected chi connectivity index (χ1v) is 8.42. The van der Waals surface area contributed by atoms with E-state index in [2.05, 4.69) is 14.7 Å². The van der Waals surface area contributed by atoms with Crippen molar-refractivity contribution in [3.63, 3.8) is 0 Å². The first-order valence-electron chi connectivity index (χ1n) is 6.53. The first-order chi connectivity index (χ1) is 10.4. The van der Waals surface area contributed by atoms with Gasteiger partial charge in [-0.25, -0.2) is 18.4 Å². The molecule has 118 valence electrons. The van der Waals surface area contributed by atoms with Gasteiger partial charge >= 0.3 is 0 Å². The summed E-state index contributed by atoms with van der Waals surface area (Å²) in [4.78, 5) is 8.10. The average molecular weight is 323 g/mol. The highest BCUT2D eigenvalue weighted by atomic mass is 32.2. The SMILES string of the molecule is CCOc1ncncc1-c1ccc(NS(C)(=O)=O)cc1OC. The van der Waals surface area contributed by atoms with Crippen LogP contribution in [0.25, 0.3) is 11.1 Å². The van der Waals surface area contributed by atoms with E-state index in [1.165, 1.54) is 13.4 Å². The normalized spacial score (nSPS) is 11.0. The number of benzene rings is 1. The van der Waals surface area contributed by atoms with Crippen LogP contribution >= 0.6 is 0 Å². The van der Waals surface area contributed by atoms with Gasteiger partial charge in [-0.1, -0.05) is 0 Å². The molecule has 1 heterocycles. The van der Waals surface area contributed by atoms with E-state index in [9.17, 15) is 8.42 Å². The predicted octanol–water partition coefficient (Wildman–Crippen LogP) is 1.92. The van der Waals surface area contributed by atoms with Crippen LogP contribution in [0.2, 0.25) is 0 Å². The summed E-state index contributed by atoms with van der Waals surface area (Å²) in [5, 5.41) is 0. The first kappa shape index (κ1) is 16.0. The van der Waals surface area contributed by atoms with Gasteiger partial charge in [0.1, 0.15) is 12.1 Å². The second-order valence-corrected chi connectivity index (χ2v) is 6.21. The summed E-state index contributed by atoms with van der Waals surface area (Å²) in [5.74, 6) is 0.934. The summed E-state index contributed by atoms with van der Waals surface area (Å²) in [6.07, 6.45) is 4.12. The third-order valence-electron chi connectivity index (χ3n) is 2.75. The number of nitrogens with one attached hydrogen (secondary N) is 1. The van der Waals surface area contributed by atoms with Crippen molar-refractivity contribution in [3.05, 3.63) is 30.7 Å². The van der Waals surface area contributed by atoms with Crippen molar-refractivity contribution in [3.8, 4) is 22.8 Å². The highest BCUT2D eigenvalue weighted by Gasteiger charge is 2.14. The van der Waals surface area contributed by atoms with Crippen LogP contribution in [0.1, 0.15) is 6.92 Å². The van der Waals surface area contributed by atoms with E-state index < -0.39 is 10.0 Å². The average Bonchev–Trinajstić information content (AvgIpc) is 2.46. The molecule has 7 nitrogen and oxygen atoms in total. The van der Waals surface area contributed by atoms with Crippen molar-refractivity contribution in [1.29, 1.82) is 0 Å². The fourth-order valence-corrected chi connectivity index (χ4v) is 2.50. The standard InChI is InChI=1S/C14H17N3O4S/c1-4-21-14-12(8-15-9-16-14)11-6-5-10(7-13(11)20-2)17-22(3,18)19/h5-9,17H,4H2,1-3H3. The molecule has 22 heavy (non-hydrogen) atoms. The highest BCUT2D eigenvalue weighted by molar-refractivity contribution is 7.92. The number of methoxy groups -OCH3 is 1. The fourth-order valence-electron chi connectivity index (χ4n) is 1.95. The zero-order chi connectivity index (χ0) is 16.2. The summed E-state index contributed by atoms with van der Waals surface area (Å²) in [6, 6.07) is 4.97. The van der Waals surface area contributed by atoms with Crippen LogP contribution in [0.4, 0.5) is 5.69 Å². The van der Waals surface area contributed by atoms with Crippen LogP contribution in [0, 0.1) is 0 Å². The lowest BCUT2D eigenvalue weighted by Gasteiger charge is -2.13. The van der Waals surface area contributed by atoms with E-state index in [-0.39, 0.29) is 0 Å². The van der Waals surface area contributed by atoms with E-state index >= 15 is 0 Å². The topological polar surface area (TPSA) is 90.4 Å². The number of sulfonamides is 1. The van der Waals surface area contributed by atoms with Crippen LogP contribution in [-0.2, 0) is 10.0 Å². The third-order valence-corrected chi connectivity index (χ3v) is 3.36. The maximum Gasteiger partial charge on any atom is 0.229 e. The summed E-state index contributed by atoms with van der Waals surface area (Å²) in [5.41, 5.74) is 1.80. The van der Waals surface area contributed by atoms with Gasteiger partial charge in [0.2, 0.25) is 15.9 Å². The third kappa shape index (κ3) is 3.85. The number of hydrogen-bond donors (Lipinski definition) is 1. The molecule has 0 aliphatic rings. The Morgan fingerprint density at radius 1 is 1.27 bits per heavy atom. The second-order valence-electron chi connectivity index (χ2n) is 4.46. The number of aromatic nitrogens is 2. The maximum atomic E-state index is 11.3. The lowest BCUT2D eigenvalue weighted by atomic mass is 10.1. The predicted molar refractivity (Wildman–Crippen MR) is 83.7 cm³/mol. The van der Waals surface area contributed by atoms with Crippen molar-refractivity contribution in [2.75, 3.05) is 24.7 Å². The lowest BCUT2D eigenvalue weighted by Crippen LogP contribution is -2.09. The van der Waals surface area contributed by atoms with Crippen LogP contribution in [0.3, 0.4) is 0 Å². The van der Waals surface area contributed by atoms with Gasteiger partial charge in [-0.3, -0.25) is 4.72 Å². The number of hydrogen-bond acceptors (Lipinski definition) is 6. The van der Waals surface area contributed by atoms with Gasteiger partial charge in [-0.2, -0.15) is 0 Å². The number of anilines is 1. The smallest absolute Gasteiger partial charge is 0.229 e. The van der Waals surface area contributed by atoms with Crippen LogP contribution in [-0.4, -0.2) is 38.4 Å². The molecule has 0 spiro atoms. The van der Waals surface area contributed by atoms with Gasteiger partial charge in [0, 0.05) is 17.8 Å². The van der Waals surface area contributed by atoms with Gasteiger partial charge < -0.3 is 9.47 Å². The zero-order valence-corrected chi connectivity index (χ0v) is 13.3. The molecule has 1 aromatic heterocycles. The molecule has 1 aromatic carbocycles. The van der Waals surface area contributed by atoms with Crippen molar-refractivity contribution in [2.45, 2.75) is 6.92 Å². The maximum absolute atomic E-state index is 11.3. The van der Waals surface area contributed by atoms with E-state index in [4.69, 9.17) is 9.47 Å². The highest BCUT2D eigenvalue weighted by Crippen LogP contribution is 2.36. The van der Waals surface area contributed by atoms with Gasteiger partial charge in [-0.15, -0.1) is 0 Å². The van der Waals surface area contributed by atoms with Crippen molar-refractivity contribution >= 4 is 15.7 Å². The van der Waals surface area contributed by atoms with Gasteiger partial charge in [0.05, 0.1) is 31.2 Å². The van der Waals surface area contributed by atoms with E-state index in [0.29, 0.717) is 35.1 Å². The van der Waals surface area contributed by atoms with Gasteiger partial charge in [-0.05, 0) is 19.1 Å². The lowest BCUT2D eigenvalue weighted by molar-refractivity contribution is 0.327. The molecule has 0 radical (unpaired) electrons. The summed E-state index contributed by atoms with van der Waals surface area (Å²) >= 11 is 0. The van der Waals surface area contributed by atoms with Gasteiger partial charge in [0.15, 0.2) is 0 Å². The zero-order valence-electron chi connectivity index (χ0n) is 12.5. The van der Waals surface area contributed by atoms with E-state index in [1.54, 1.807) is 24.4 Å². The number of nitrogens with zero attached hydrogens (tertiary/aromatic N) is 2. The summed E-state index contributed by atoms with van der Waals surface area (Å²) in [7, 11) is -1.84. The second kappa shape index (κ2) is 6.61. The Balaban J connectivity index is 2.48. The Morgan fingerprint density at radius 2 is 2.05 bits per heavy atom. The number of rotatable bonds is 6. The molecule has 1 N–H and O–H groups in total. The number of ether oxygens (including phenoxy) is 2. The van der Waals surface area contributed by atoms with Crippen LogP contribution < -0.4 is 14.2 Å². The molecule has 8 heteroatoms. The van der Waals surface area contributed by atoms with Crippen LogP contribution in [0.15, 0.2) is 30.7 Å². The minimum atomic E-state index is -3.35. The van der Waals surface area contributed by atoms with Crippen molar-refractivity contribution in [2.24, 2.45) is 0 Å². The Hall–Kier alpha value is -2.35. The molecule has 0 unspecified atom stereocenters. The minimum Gasteiger partial charge on any atom is -0.496 e. The Bertz CT molecular complexity index is 762. The molecular formula is C14H17N3O4S. The molecule has 2 rings (SSSR count). The molecule has 0 amide bonds. The largest absolute Gasteiger partial charge is 0.496 e. The molecule has 0 aliphatic heterocycles. The summed E-state index contributed by atoms with van der Waals surface area (Å²) in [6.45, 7) is 2.34. The molecule has 0 atom stereocenters. The van der Waals surface area contributed by atoms with Gasteiger partial charge in [0.25, 0.3) is 0 Å². The quantitative estimate of drug-likeness (QED) is 0.873. The Kier molecular flexibility index (Phi) is 4.81. The minimum absolute atomic E-state index is 0.415. The monoisotopic (exact) mass is 323 g/mol. The molecular weight excluding hydrogens is 306 g/mol. The molecule has 0 aliphatic carbocycles. The van der Waals surface area contributed by atoms with E-state index in [0.717, 1.165) is 6.26 Å². The Labute approximate surface area is 129 Å².